The summed E-state index contributed by atoms with van der Waals surface area (Å²) in [6, 6.07) is 5.57. The number of hydrogen-bond donors (Lipinski definition) is 1. The van der Waals surface area contributed by atoms with Crippen LogP contribution in [-0.2, 0) is 9.59 Å². The molecule has 0 saturated carbocycles. The lowest BCUT2D eigenvalue weighted by atomic mass is 9.89. The summed E-state index contributed by atoms with van der Waals surface area (Å²) < 4.78 is 5.30. The number of nitrogens with zero attached hydrogens (tertiary/aromatic N) is 2. The first kappa shape index (κ1) is 19.2. The molecule has 2 rings (SSSR count). The van der Waals surface area contributed by atoms with Crippen LogP contribution in [0, 0.1) is 12.3 Å². The van der Waals surface area contributed by atoms with Gasteiger partial charge in [0.15, 0.2) is 0 Å². The first-order valence-corrected chi connectivity index (χ1v) is 8.77. The van der Waals surface area contributed by atoms with Gasteiger partial charge in [-0.1, -0.05) is 13.0 Å². The minimum atomic E-state index is -1.14. The number of benzene rings is 1. The molecule has 6 heteroatoms. The zero-order valence-corrected chi connectivity index (χ0v) is 15.9. The molecule has 0 radical (unpaired) electrons. The molecule has 25 heavy (non-hydrogen) atoms. The van der Waals surface area contributed by atoms with E-state index in [-0.39, 0.29) is 11.8 Å². The number of carbonyl (C=O) groups is 2. The van der Waals surface area contributed by atoms with Crippen LogP contribution in [0.3, 0.4) is 0 Å². The molecular weight excluding hydrogens is 318 g/mol. The minimum absolute atomic E-state index is 0.132. The molecule has 0 unspecified atom stereocenters. The van der Waals surface area contributed by atoms with Crippen LogP contribution in [0.5, 0.6) is 5.75 Å². The summed E-state index contributed by atoms with van der Waals surface area (Å²) >= 11 is 0. The minimum Gasteiger partial charge on any atom is -0.495 e. The Kier molecular flexibility index (Phi) is 6.06. The quantitative estimate of drug-likeness (QED) is 0.829. The summed E-state index contributed by atoms with van der Waals surface area (Å²) in [5, 5.41) is 2.86. The molecule has 1 aromatic carbocycles. The molecule has 1 N–H and O–H groups in total. The Morgan fingerprint density at radius 2 is 1.84 bits per heavy atom. The fourth-order valence-electron chi connectivity index (χ4n) is 2.96. The van der Waals surface area contributed by atoms with Crippen molar-refractivity contribution in [2.45, 2.75) is 27.7 Å². The largest absolute Gasteiger partial charge is 0.495 e. The van der Waals surface area contributed by atoms with E-state index in [9.17, 15) is 9.59 Å². The van der Waals surface area contributed by atoms with Crippen LogP contribution in [0.2, 0.25) is 0 Å². The van der Waals surface area contributed by atoms with Crippen molar-refractivity contribution in [2.24, 2.45) is 5.41 Å². The highest BCUT2D eigenvalue weighted by atomic mass is 16.5. The van der Waals surface area contributed by atoms with Crippen molar-refractivity contribution < 1.29 is 14.3 Å². The third-order valence-corrected chi connectivity index (χ3v) is 4.81. The Morgan fingerprint density at radius 1 is 1.20 bits per heavy atom. The lowest BCUT2D eigenvalue weighted by Crippen LogP contribution is -2.54. The van der Waals surface area contributed by atoms with Crippen LogP contribution in [0.25, 0.3) is 0 Å². The zero-order valence-electron chi connectivity index (χ0n) is 15.9. The number of piperazine rings is 1. The second kappa shape index (κ2) is 7.87. The number of nitrogens with one attached hydrogen (secondary N) is 1. The number of carbonyl (C=O) groups excluding carboxylic acids is 2. The SMILES string of the molecule is CCN1CCN(C(=O)C(C)(C)C(=O)Nc2cc(C)ccc2OC)CC1. The molecule has 0 spiro atoms. The summed E-state index contributed by atoms with van der Waals surface area (Å²) in [7, 11) is 1.56. The van der Waals surface area contributed by atoms with Gasteiger partial charge in [-0.25, -0.2) is 0 Å². The monoisotopic (exact) mass is 347 g/mol. The van der Waals surface area contributed by atoms with E-state index in [2.05, 4.69) is 17.1 Å². The van der Waals surface area contributed by atoms with Crippen LogP contribution in [0.15, 0.2) is 18.2 Å². The van der Waals surface area contributed by atoms with Crippen molar-refractivity contribution >= 4 is 17.5 Å². The Bertz CT molecular complexity index is 635. The second-order valence-electron chi connectivity index (χ2n) is 7.01. The average Bonchev–Trinajstić information content (AvgIpc) is 2.61. The molecule has 0 aromatic heterocycles. The number of ether oxygens (including phenoxy) is 1. The van der Waals surface area contributed by atoms with Gasteiger partial charge < -0.3 is 19.9 Å². The fourth-order valence-corrected chi connectivity index (χ4v) is 2.96. The highest BCUT2D eigenvalue weighted by molar-refractivity contribution is 6.10. The van der Waals surface area contributed by atoms with Crippen LogP contribution in [-0.4, -0.2) is 61.4 Å². The van der Waals surface area contributed by atoms with Crippen molar-refractivity contribution in [3.8, 4) is 5.75 Å². The summed E-state index contributed by atoms with van der Waals surface area (Å²) in [4.78, 5) is 29.8. The van der Waals surface area contributed by atoms with Crippen LogP contribution < -0.4 is 10.1 Å². The maximum absolute atomic E-state index is 12.9. The molecule has 1 saturated heterocycles. The smallest absolute Gasteiger partial charge is 0.239 e. The predicted octanol–water partition coefficient (Wildman–Crippen LogP) is 2.13. The van der Waals surface area contributed by atoms with Crippen molar-refractivity contribution in [1.29, 1.82) is 0 Å². The molecule has 6 nitrogen and oxygen atoms in total. The molecule has 1 aliphatic heterocycles. The van der Waals surface area contributed by atoms with Gasteiger partial charge in [-0.3, -0.25) is 9.59 Å². The average molecular weight is 347 g/mol. The zero-order chi connectivity index (χ0) is 18.6. The maximum atomic E-state index is 12.9. The third kappa shape index (κ3) is 4.31. The molecule has 1 heterocycles. The third-order valence-electron chi connectivity index (χ3n) is 4.81. The van der Waals surface area contributed by atoms with E-state index in [0.29, 0.717) is 24.5 Å². The number of methoxy groups -OCH3 is 1. The van der Waals surface area contributed by atoms with Gasteiger partial charge in [0.05, 0.1) is 12.8 Å². The van der Waals surface area contributed by atoms with E-state index in [0.717, 1.165) is 25.2 Å². The maximum Gasteiger partial charge on any atom is 0.239 e. The Balaban J connectivity index is 2.09. The topological polar surface area (TPSA) is 61.9 Å². The van der Waals surface area contributed by atoms with Crippen LogP contribution >= 0.6 is 0 Å². The van der Waals surface area contributed by atoms with Gasteiger partial charge in [-0.05, 0) is 45.0 Å². The molecule has 2 amide bonds. The van der Waals surface area contributed by atoms with E-state index < -0.39 is 5.41 Å². The summed E-state index contributed by atoms with van der Waals surface area (Å²) in [5.41, 5.74) is 0.462. The summed E-state index contributed by atoms with van der Waals surface area (Å²) in [6.07, 6.45) is 0. The van der Waals surface area contributed by atoms with Gasteiger partial charge >= 0.3 is 0 Å². The lowest BCUT2D eigenvalue weighted by molar-refractivity contribution is -0.147. The molecule has 1 fully saturated rings. The summed E-state index contributed by atoms with van der Waals surface area (Å²) in [5.74, 6) is 0.130. The standard InChI is InChI=1S/C19H29N3O3/c1-6-21-9-11-22(12-10-21)18(24)19(3,4)17(23)20-15-13-14(2)7-8-16(15)25-5/h7-8,13H,6,9-12H2,1-5H3,(H,20,23). The molecule has 1 aliphatic rings. The first-order chi connectivity index (χ1) is 11.8. The Hall–Kier alpha value is -2.08. The molecule has 138 valence electrons. The van der Waals surface area contributed by atoms with E-state index in [1.54, 1.807) is 25.9 Å². The Labute approximate surface area is 150 Å². The number of rotatable bonds is 5. The number of hydrogen-bond acceptors (Lipinski definition) is 4. The van der Waals surface area contributed by atoms with Gasteiger partial charge in [0.25, 0.3) is 0 Å². The van der Waals surface area contributed by atoms with Gasteiger partial charge in [0, 0.05) is 26.2 Å². The number of amides is 2. The van der Waals surface area contributed by atoms with Crippen molar-refractivity contribution in [2.75, 3.05) is 45.2 Å². The van der Waals surface area contributed by atoms with E-state index in [4.69, 9.17) is 4.74 Å². The molecule has 0 bridgehead atoms. The van der Waals surface area contributed by atoms with E-state index in [1.807, 2.05) is 25.1 Å². The number of anilines is 1. The van der Waals surface area contributed by atoms with Crippen LogP contribution in [0.1, 0.15) is 26.3 Å². The fraction of sp³-hybridized carbons (Fsp3) is 0.579. The van der Waals surface area contributed by atoms with Gasteiger partial charge in [0.1, 0.15) is 11.2 Å². The summed E-state index contributed by atoms with van der Waals surface area (Å²) in [6.45, 7) is 11.4. The first-order valence-electron chi connectivity index (χ1n) is 8.77. The van der Waals surface area contributed by atoms with Gasteiger partial charge in [0.2, 0.25) is 11.8 Å². The lowest BCUT2D eigenvalue weighted by Gasteiger charge is -2.37. The van der Waals surface area contributed by atoms with E-state index >= 15 is 0 Å². The Morgan fingerprint density at radius 3 is 2.40 bits per heavy atom. The van der Waals surface area contributed by atoms with Gasteiger partial charge in [-0.15, -0.1) is 0 Å². The normalized spacial score (nSPS) is 15.8. The molecular formula is C19H29N3O3. The van der Waals surface area contributed by atoms with E-state index in [1.165, 1.54) is 0 Å². The number of aryl methyl sites for hydroxylation is 1. The second-order valence-corrected chi connectivity index (χ2v) is 7.01. The van der Waals surface area contributed by atoms with Crippen molar-refractivity contribution in [3.63, 3.8) is 0 Å². The van der Waals surface area contributed by atoms with Gasteiger partial charge in [-0.2, -0.15) is 0 Å². The molecule has 0 aliphatic carbocycles. The predicted molar refractivity (Wildman–Crippen MR) is 98.8 cm³/mol. The highest BCUT2D eigenvalue weighted by Crippen LogP contribution is 2.28. The molecule has 0 atom stereocenters. The van der Waals surface area contributed by atoms with Crippen LogP contribution in [0.4, 0.5) is 5.69 Å². The van der Waals surface area contributed by atoms with Crippen molar-refractivity contribution in [3.05, 3.63) is 23.8 Å². The molecule has 1 aromatic rings. The van der Waals surface area contributed by atoms with Crippen molar-refractivity contribution in [1.82, 2.24) is 9.80 Å². The number of likely N-dealkylation sites (N-methyl/N-ethyl adjacent to an activating group) is 1. The highest BCUT2D eigenvalue weighted by Gasteiger charge is 2.40.